The molecule has 1 aliphatic heterocycles. The number of aromatic nitrogens is 1. The van der Waals surface area contributed by atoms with E-state index in [1.807, 2.05) is 30.5 Å². The number of nitrogens with two attached hydrogens (primary N) is 1. The summed E-state index contributed by atoms with van der Waals surface area (Å²) >= 11 is 6.75. The molecule has 2 N–H and O–H groups in total. The molecule has 0 aliphatic carbocycles. The fraction of sp³-hybridized carbons (Fsp3) is 0.538. The van der Waals surface area contributed by atoms with Gasteiger partial charge in [0.2, 0.25) is 0 Å². The minimum atomic E-state index is -4.48. The van der Waals surface area contributed by atoms with Gasteiger partial charge >= 0.3 is 6.18 Å². The third kappa shape index (κ3) is 3.79. The molecule has 8 heteroatoms. The first kappa shape index (κ1) is 16.4. The number of pyridine rings is 1. The maximum Gasteiger partial charge on any atom is 0.433 e. The largest absolute Gasteiger partial charge is 0.433 e. The van der Waals surface area contributed by atoms with Gasteiger partial charge in [0.05, 0.1) is 5.56 Å². The van der Waals surface area contributed by atoms with Gasteiger partial charge in [-0.3, -0.25) is 0 Å². The Bertz CT molecular complexity index is 538. The molecule has 0 amide bonds. The molecular formula is C13H16F3N3S2. The van der Waals surface area contributed by atoms with E-state index in [1.54, 1.807) is 0 Å². The normalized spacial score (nSPS) is 23.2. The third-order valence-corrected chi connectivity index (χ3v) is 4.60. The Morgan fingerprint density at radius 1 is 1.33 bits per heavy atom. The fourth-order valence-corrected chi connectivity index (χ4v) is 3.87. The average molecular weight is 335 g/mol. The minimum Gasteiger partial charge on any atom is -0.389 e. The molecule has 116 valence electrons. The van der Waals surface area contributed by atoms with Gasteiger partial charge in [-0.2, -0.15) is 24.9 Å². The van der Waals surface area contributed by atoms with E-state index >= 15 is 0 Å². The van der Waals surface area contributed by atoms with Crippen LogP contribution < -0.4 is 10.6 Å². The van der Waals surface area contributed by atoms with E-state index in [0.717, 1.165) is 6.07 Å². The molecule has 2 rings (SSSR count). The van der Waals surface area contributed by atoms with Crippen LogP contribution in [-0.2, 0) is 6.18 Å². The van der Waals surface area contributed by atoms with Crippen molar-refractivity contribution in [3.05, 3.63) is 23.4 Å². The quantitative estimate of drug-likeness (QED) is 0.842. The number of thiocarbonyl (C=S) groups is 1. The van der Waals surface area contributed by atoms with Crippen LogP contribution in [-0.4, -0.2) is 33.6 Å². The molecule has 2 unspecified atom stereocenters. The zero-order valence-corrected chi connectivity index (χ0v) is 13.3. The smallest absolute Gasteiger partial charge is 0.389 e. The van der Waals surface area contributed by atoms with Crippen molar-refractivity contribution in [2.45, 2.75) is 30.5 Å². The van der Waals surface area contributed by atoms with Crippen LogP contribution in [0.5, 0.6) is 0 Å². The number of hydrogen-bond acceptors (Lipinski definition) is 4. The van der Waals surface area contributed by atoms with Crippen molar-refractivity contribution in [1.29, 1.82) is 0 Å². The summed E-state index contributed by atoms with van der Waals surface area (Å²) in [4.78, 5) is 5.68. The second-order valence-corrected chi connectivity index (χ2v) is 7.41. The van der Waals surface area contributed by atoms with E-state index in [1.165, 1.54) is 6.07 Å². The highest BCUT2D eigenvalue weighted by Crippen LogP contribution is 2.33. The Labute approximate surface area is 131 Å². The number of thioether (sulfide) groups is 1. The van der Waals surface area contributed by atoms with Crippen molar-refractivity contribution in [1.82, 2.24) is 4.98 Å². The minimum absolute atomic E-state index is 0.0600. The summed E-state index contributed by atoms with van der Waals surface area (Å²) in [5.74, 6) is 0.233. The Morgan fingerprint density at radius 3 is 2.38 bits per heavy atom. The van der Waals surface area contributed by atoms with Crippen molar-refractivity contribution in [2.75, 3.05) is 18.0 Å². The monoisotopic (exact) mass is 335 g/mol. The number of nitrogens with zero attached hydrogens (tertiary/aromatic N) is 2. The van der Waals surface area contributed by atoms with Gasteiger partial charge in [0.15, 0.2) is 0 Å². The van der Waals surface area contributed by atoms with E-state index in [9.17, 15) is 13.2 Å². The average Bonchev–Trinajstić information content (AvgIpc) is 2.35. The number of alkyl halides is 3. The lowest BCUT2D eigenvalue weighted by Crippen LogP contribution is -2.42. The van der Waals surface area contributed by atoms with E-state index < -0.39 is 11.9 Å². The van der Waals surface area contributed by atoms with Gasteiger partial charge < -0.3 is 10.6 Å². The van der Waals surface area contributed by atoms with Crippen LogP contribution in [0.25, 0.3) is 0 Å². The van der Waals surface area contributed by atoms with Gasteiger partial charge in [-0.25, -0.2) is 4.98 Å². The van der Waals surface area contributed by atoms with Crippen molar-refractivity contribution in [3.8, 4) is 0 Å². The zero-order valence-electron chi connectivity index (χ0n) is 11.6. The molecule has 2 atom stereocenters. The van der Waals surface area contributed by atoms with Crippen LogP contribution >= 0.6 is 24.0 Å². The first-order valence-electron chi connectivity index (χ1n) is 6.47. The summed E-state index contributed by atoms with van der Waals surface area (Å²) in [5, 5.41) is 0.619. The second kappa shape index (κ2) is 6.00. The fourth-order valence-electron chi connectivity index (χ4n) is 2.39. The predicted octanol–water partition coefficient (Wildman–Crippen LogP) is 3.06. The lowest BCUT2D eigenvalue weighted by Gasteiger charge is -2.36. The maximum atomic E-state index is 12.9. The maximum absolute atomic E-state index is 12.9. The summed E-state index contributed by atoms with van der Waals surface area (Å²) in [5.41, 5.74) is 5.10. The summed E-state index contributed by atoms with van der Waals surface area (Å²) in [7, 11) is 0. The SMILES string of the molecule is CC1CN(c2nc(C(F)(F)F)ccc2C(N)=S)CC(C)S1. The van der Waals surface area contributed by atoms with E-state index in [4.69, 9.17) is 18.0 Å². The topological polar surface area (TPSA) is 42.2 Å². The molecule has 1 aliphatic rings. The molecule has 1 saturated heterocycles. The number of rotatable bonds is 2. The number of hydrogen-bond donors (Lipinski definition) is 1. The van der Waals surface area contributed by atoms with Gasteiger partial charge in [0, 0.05) is 23.6 Å². The Balaban J connectivity index is 2.45. The van der Waals surface area contributed by atoms with Gasteiger partial charge in [-0.1, -0.05) is 26.1 Å². The van der Waals surface area contributed by atoms with Crippen molar-refractivity contribution < 1.29 is 13.2 Å². The summed E-state index contributed by atoms with van der Waals surface area (Å²) < 4.78 is 38.6. The summed E-state index contributed by atoms with van der Waals surface area (Å²) in [6.07, 6.45) is -4.48. The van der Waals surface area contributed by atoms with Crippen molar-refractivity contribution >= 4 is 34.8 Å². The molecule has 0 saturated carbocycles. The molecule has 0 spiro atoms. The van der Waals surface area contributed by atoms with Crippen molar-refractivity contribution in [2.24, 2.45) is 5.73 Å². The lowest BCUT2D eigenvalue weighted by atomic mass is 10.2. The first-order valence-corrected chi connectivity index (χ1v) is 7.82. The molecule has 1 fully saturated rings. The Hall–Kier alpha value is -1.02. The molecule has 0 bridgehead atoms. The molecule has 21 heavy (non-hydrogen) atoms. The Morgan fingerprint density at radius 2 is 1.90 bits per heavy atom. The van der Waals surface area contributed by atoms with Gasteiger partial charge in [0.1, 0.15) is 16.5 Å². The van der Waals surface area contributed by atoms with Crippen LogP contribution in [0.4, 0.5) is 19.0 Å². The van der Waals surface area contributed by atoms with Crippen LogP contribution in [0.3, 0.4) is 0 Å². The highest BCUT2D eigenvalue weighted by molar-refractivity contribution is 8.00. The number of anilines is 1. The van der Waals surface area contributed by atoms with Crippen LogP contribution in [0.1, 0.15) is 25.1 Å². The molecule has 3 nitrogen and oxygen atoms in total. The van der Waals surface area contributed by atoms with Crippen molar-refractivity contribution in [3.63, 3.8) is 0 Å². The first-order chi connectivity index (χ1) is 9.68. The second-order valence-electron chi connectivity index (χ2n) is 5.09. The highest BCUT2D eigenvalue weighted by Gasteiger charge is 2.34. The summed E-state index contributed by atoms with van der Waals surface area (Å²) in [6, 6.07) is 2.23. The molecule has 2 heterocycles. The standard InChI is InChI=1S/C13H16F3N3S2/c1-7-5-19(6-8(2)21-7)12-9(11(17)20)3-4-10(18-12)13(14,15)16/h3-4,7-8H,5-6H2,1-2H3,(H2,17,20). The van der Waals surface area contributed by atoms with E-state index in [0.29, 0.717) is 29.2 Å². The van der Waals surface area contributed by atoms with Gasteiger partial charge in [-0.15, -0.1) is 0 Å². The molecule has 0 radical (unpaired) electrons. The van der Waals surface area contributed by atoms with Gasteiger partial charge in [0.25, 0.3) is 0 Å². The zero-order chi connectivity index (χ0) is 15.8. The molecular weight excluding hydrogens is 319 g/mol. The van der Waals surface area contributed by atoms with Crippen LogP contribution in [0, 0.1) is 0 Å². The third-order valence-electron chi connectivity index (χ3n) is 3.15. The molecule has 0 aromatic carbocycles. The number of halogens is 3. The van der Waals surface area contributed by atoms with Crippen LogP contribution in [0.15, 0.2) is 12.1 Å². The van der Waals surface area contributed by atoms with Crippen LogP contribution in [0.2, 0.25) is 0 Å². The predicted molar refractivity (Wildman–Crippen MR) is 83.9 cm³/mol. The molecule has 1 aromatic rings. The molecule has 1 aromatic heterocycles. The van der Waals surface area contributed by atoms with E-state index in [-0.39, 0.29) is 10.8 Å². The summed E-state index contributed by atoms with van der Waals surface area (Å²) in [6.45, 7) is 5.33. The highest BCUT2D eigenvalue weighted by atomic mass is 32.2. The lowest BCUT2D eigenvalue weighted by molar-refractivity contribution is -0.141. The van der Waals surface area contributed by atoms with Gasteiger partial charge in [-0.05, 0) is 12.1 Å². The Kier molecular flexibility index (Phi) is 4.67. The van der Waals surface area contributed by atoms with E-state index in [2.05, 4.69) is 4.98 Å².